The van der Waals surface area contributed by atoms with E-state index in [2.05, 4.69) is 19.8 Å². The number of hydrogen-bond donors (Lipinski definition) is 1. The molecule has 0 amide bonds. The minimum Gasteiger partial charge on any atom is -0.385 e. The van der Waals surface area contributed by atoms with Crippen molar-refractivity contribution >= 4 is 38.2 Å². The largest absolute Gasteiger partial charge is 0.488 e. The first-order valence-corrected chi connectivity index (χ1v) is 9.66. The maximum absolute atomic E-state index is 10.7. The van der Waals surface area contributed by atoms with Crippen LogP contribution in [0.25, 0.3) is 16.0 Å². The molecule has 4 rings (SSSR count). The summed E-state index contributed by atoms with van der Waals surface area (Å²) in [6.45, 7) is 7.10. The van der Waals surface area contributed by atoms with E-state index in [1.54, 1.807) is 4.57 Å². The lowest BCUT2D eigenvalue weighted by Crippen LogP contribution is -2.41. The van der Waals surface area contributed by atoms with Gasteiger partial charge in [-0.2, -0.15) is 13.6 Å². The minimum absolute atomic E-state index is 0.0904. The lowest BCUT2D eigenvalue weighted by Gasteiger charge is -2.30. The third-order valence-corrected chi connectivity index (χ3v) is 5.92. The second-order valence-electron chi connectivity index (χ2n) is 5.66. The Kier molecular flexibility index (Phi) is 4.83. The molecule has 2 aromatic rings. The van der Waals surface area contributed by atoms with Gasteiger partial charge in [0.05, 0.1) is 6.33 Å². The van der Waals surface area contributed by atoms with Crippen molar-refractivity contribution in [2.45, 2.75) is 24.5 Å². The van der Waals surface area contributed by atoms with Gasteiger partial charge in [-0.15, -0.1) is 0 Å². The number of aromatic nitrogens is 4. The third kappa shape index (κ3) is 3.08. The number of aliphatic hydroxyl groups excluding tert-OH is 1. The highest BCUT2D eigenvalue weighted by molar-refractivity contribution is 7.85. The van der Waals surface area contributed by atoms with Gasteiger partial charge in [-0.25, -0.2) is 21.5 Å². The van der Waals surface area contributed by atoms with Crippen LogP contribution in [-0.4, -0.2) is 70.3 Å². The Morgan fingerprint density at radius 3 is 3.15 bits per heavy atom. The van der Waals surface area contributed by atoms with E-state index in [9.17, 15) is 5.11 Å². The van der Waals surface area contributed by atoms with Gasteiger partial charge in [0.2, 0.25) is 6.54 Å². The molecule has 26 heavy (non-hydrogen) atoms. The molecule has 2 radical (unpaired) electrons. The van der Waals surface area contributed by atoms with Crippen LogP contribution in [0.5, 0.6) is 0 Å². The molecule has 2 aliphatic heterocycles. The van der Waals surface area contributed by atoms with Crippen molar-refractivity contribution in [3.05, 3.63) is 29.2 Å². The van der Waals surface area contributed by atoms with Crippen LogP contribution in [0.4, 0.5) is 0 Å². The van der Waals surface area contributed by atoms with Gasteiger partial charge < -0.3 is 14.7 Å². The number of aliphatic hydroxyl groups is 1. The molecule has 0 aliphatic carbocycles. The summed E-state index contributed by atoms with van der Waals surface area (Å²) in [7, 11) is 2.90. The maximum atomic E-state index is 10.7. The topological polar surface area (TPSA) is 105 Å². The van der Waals surface area contributed by atoms with Crippen molar-refractivity contribution in [3.63, 3.8) is 0 Å². The van der Waals surface area contributed by atoms with E-state index < -0.39 is 32.4 Å². The van der Waals surface area contributed by atoms with Gasteiger partial charge in [-0.05, 0) is 0 Å². The molecule has 13 heteroatoms. The number of imidazole rings is 1. The smallest absolute Gasteiger partial charge is 0.385 e. The van der Waals surface area contributed by atoms with Crippen LogP contribution >= 0.6 is 19.4 Å². The average Bonchev–Trinajstić information content (AvgIpc) is 3.18. The van der Waals surface area contributed by atoms with Gasteiger partial charge in [0.15, 0.2) is 29.7 Å². The van der Waals surface area contributed by atoms with Crippen molar-refractivity contribution in [1.29, 1.82) is 0 Å². The number of hydrogen-bond acceptors (Lipinski definition) is 8. The van der Waals surface area contributed by atoms with Crippen molar-refractivity contribution in [2.24, 2.45) is 0 Å². The SMILES string of the molecule is [B][P+]1(OCC[N+]#[C-])OC[C@H]2O[C@@H](n3cnc4c(Cl)ncnc43)C(O)[C@H]2O1. The van der Waals surface area contributed by atoms with E-state index in [0.717, 1.165) is 0 Å². The maximum Gasteiger partial charge on any atom is 0.488 e. The molecule has 2 fully saturated rings. The zero-order valence-electron chi connectivity index (χ0n) is 13.3. The van der Waals surface area contributed by atoms with E-state index in [1.807, 2.05) is 0 Å². The van der Waals surface area contributed by atoms with E-state index in [0.29, 0.717) is 11.2 Å². The van der Waals surface area contributed by atoms with Gasteiger partial charge in [0.1, 0.15) is 30.7 Å². The second-order valence-corrected chi connectivity index (χ2v) is 7.83. The molecule has 2 unspecified atom stereocenters. The summed E-state index contributed by atoms with van der Waals surface area (Å²) in [6.07, 6.45) is -0.366. The molecule has 2 aromatic heterocycles. The Labute approximate surface area is 155 Å². The van der Waals surface area contributed by atoms with E-state index >= 15 is 0 Å². The summed E-state index contributed by atoms with van der Waals surface area (Å²) in [6, 6.07) is 0. The van der Waals surface area contributed by atoms with Crippen molar-refractivity contribution in [2.75, 3.05) is 19.8 Å². The third-order valence-electron chi connectivity index (χ3n) is 4.06. The van der Waals surface area contributed by atoms with Gasteiger partial charge in [-0.3, -0.25) is 4.57 Å². The Hall–Kier alpha value is -1.38. The summed E-state index contributed by atoms with van der Waals surface area (Å²) >= 11 is 6.01. The fourth-order valence-corrected chi connectivity index (χ4v) is 4.55. The predicted octanol–water partition coefficient (Wildman–Crippen LogP) is 0.935. The van der Waals surface area contributed by atoms with Crippen LogP contribution < -0.4 is 0 Å². The second kappa shape index (κ2) is 6.98. The van der Waals surface area contributed by atoms with Crippen molar-refractivity contribution < 1.29 is 23.4 Å². The number of fused-ring (bicyclic) bond motifs is 2. The van der Waals surface area contributed by atoms with Gasteiger partial charge >= 0.3 is 15.4 Å². The molecule has 0 saturated carbocycles. The van der Waals surface area contributed by atoms with Crippen LogP contribution in [0.1, 0.15) is 6.23 Å². The zero-order chi connectivity index (χ0) is 18.3. The Morgan fingerprint density at radius 1 is 1.50 bits per heavy atom. The molecule has 0 spiro atoms. The predicted molar refractivity (Wildman–Crippen MR) is 91.2 cm³/mol. The van der Waals surface area contributed by atoms with E-state index in [4.69, 9.17) is 44.0 Å². The molecule has 10 nitrogen and oxygen atoms in total. The first-order chi connectivity index (χ1) is 12.5. The van der Waals surface area contributed by atoms with E-state index in [-0.39, 0.29) is 24.9 Å². The first kappa shape index (κ1) is 18.0. The standard InChI is InChI=1S/C13H13BClN5O5P/c1-16-2-3-22-26(14)23-4-7-10(25-26)9(21)13(24-7)20-6-19-8-11(15)17-5-18-12(8)20/h5-7,9-10,13,21H,2-4H2/q+1/t7-,9?,10+,13-,26?/m1/s1. The monoisotopic (exact) mass is 396 g/mol. The molecular formula is C13H13BClN5O5P+. The number of ether oxygens (including phenoxy) is 1. The first-order valence-electron chi connectivity index (χ1n) is 7.67. The van der Waals surface area contributed by atoms with Gasteiger partial charge in [-0.1, -0.05) is 11.6 Å². The fraction of sp³-hybridized carbons (Fsp3) is 0.538. The van der Waals surface area contributed by atoms with Crippen molar-refractivity contribution in [1.82, 2.24) is 19.5 Å². The van der Waals surface area contributed by atoms with Crippen LogP contribution in [0.2, 0.25) is 5.15 Å². The Morgan fingerprint density at radius 2 is 2.35 bits per heavy atom. The zero-order valence-corrected chi connectivity index (χ0v) is 15.0. The van der Waals surface area contributed by atoms with Crippen LogP contribution in [0, 0.1) is 6.57 Å². The molecule has 1 N–H and O–H groups in total. The summed E-state index contributed by atoms with van der Waals surface area (Å²) in [5, 5.41) is 10.9. The van der Waals surface area contributed by atoms with Crippen LogP contribution in [0.3, 0.4) is 0 Å². The highest BCUT2D eigenvalue weighted by atomic mass is 35.5. The summed E-state index contributed by atoms with van der Waals surface area (Å²) in [4.78, 5) is 15.4. The molecule has 0 bridgehead atoms. The number of rotatable bonds is 4. The molecule has 134 valence electrons. The number of nitrogens with zero attached hydrogens (tertiary/aromatic N) is 5. The molecule has 4 heterocycles. The van der Waals surface area contributed by atoms with Gasteiger partial charge in [0, 0.05) is 0 Å². The average molecular weight is 397 g/mol. The molecule has 0 aromatic carbocycles. The van der Waals surface area contributed by atoms with Crippen LogP contribution in [-0.2, 0) is 18.3 Å². The highest BCUT2D eigenvalue weighted by Gasteiger charge is 2.58. The van der Waals surface area contributed by atoms with Gasteiger partial charge in [0.25, 0.3) is 0 Å². The summed E-state index contributed by atoms with van der Waals surface area (Å²) in [5.41, 5.74) is 0.830. The molecular weight excluding hydrogens is 383 g/mol. The van der Waals surface area contributed by atoms with Crippen molar-refractivity contribution in [3.8, 4) is 0 Å². The fourth-order valence-electron chi connectivity index (χ4n) is 2.88. The Balaban J connectivity index is 1.55. The Bertz CT molecular complexity index is 867. The quantitative estimate of drug-likeness (QED) is 0.268. The molecule has 5 atom stereocenters. The highest BCUT2D eigenvalue weighted by Crippen LogP contribution is 2.62. The molecule has 2 aliphatic rings. The lowest BCUT2D eigenvalue weighted by atomic mass is 10.1. The minimum atomic E-state index is -3.11. The summed E-state index contributed by atoms with van der Waals surface area (Å²) in [5.74, 6) is 0. The van der Waals surface area contributed by atoms with Crippen LogP contribution in [0.15, 0.2) is 12.7 Å². The lowest BCUT2D eigenvalue weighted by molar-refractivity contribution is -0.0629. The normalized spacial score (nSPS) is 33.9. The molecule has 2 saturated heterocycles. The number of halogens is 1. The summed E-state index contributed by atoms with van der Waals surface area (Å²) < 4.78 is 24.0. The van der Waals surface area contributed by atoms with E-state index in [1.165, 1.54) is 12.7 Å².